The molecule has 0 aromatic carbocycles. The third kappa shape index (κ3) is 0.565. The molecule has 0 aromatic rings. The van der Waals surface area contributed by atoms with Gasteiger partial charge in [0.15, 0.2) is 0 Å². The van der Waals surface area contributed by atoms with Crippen LogP contribution in [0, 0.1) is 5.41 Å². The normalized spacial score (nSPS) is 40.9. The Morgan fingerprint density at radius 1 is 1.50 bits per heavy atom. The highest BCUT2D eigenvalue weighted by Crippen LogP contribution is 2.50. The van der Waals surface area contributed by atoms with Crippen LogP contribution >= 0.6 is 0 Å². The molecule has 1 spiro atoms. The number of nitrogens with two attached hydrogens (primary N) is 1. The second kappa shape index (κ2) is 1.25. The first kappa shape index (κ1) is 4.77. The molecule has 1 aliphatic heterocycles. The van der Waals surface area contributed by atoms with Gasteiger partial charge in [-0.1, -0.05) is 0 Å². The predicted octanol–water partition coefficient (Wildman–Crippen LogP) is 0.0447. The highest BCUT2D eigenvalue weighted by Gasteiger charge is 2.47. The van der Waals surface area contributed by atoms with Gasteiger partial charge in [0.1, 0.15) is 0 Å². The van der Waals surface area contributed by atoms with Crippen LogP contribution in [-0.4, -0.2) is 12.7 Å². The van der Waals surface area contributed by atoms with Gasteiger partial charge in [-0.25, -0.2) is 0 Å². The Hall–Kier alpha value is -0.0800. The van der Waals surface area contributed by atoms with Crippen LogP contribution in [0.25, 0.3) is 0 Å². The summed E-state index contributed by atoms with van der Waals surface area (Å²) in [7, 11) is 0. The van der Waals surface area contributed by atoms with E-state index in [2.05, 4.69) is 5.32 Å². The number of hydrogen-bond donors (Lipinski definition) is 2. The molecule has 1 aliphatic carbocycles. The minimum absolute atomic E-state index is 0.303. The van der Waals surface area contributed by atoms with E-state index in [-0.39, 0.29) is 0 Å². The maximum absolute atomic E-state index is 5.64. The summed E-state index contributed by atoms with van der Waals surface area (Å²) in [6.45, 7) is 1.17. The second-order valence-corrected chi connectivity index (χ2v) is 3.19. The molecule has 1 atom stereocenters. The molecule has 2 aliphatic rings. The summed E-state index contributed by atoms with van der Waals surface area (Å²) in [5.74, 6) is 0. The molecule has 1 unspecified atom stereocenters. The number of nitrogens with one attached hydrogen (secondary N) is 1. The van der Waals surface area contributed by atoms with Crippen molar-refractivity contribution in [3.63, 3.8) is 0 Å². The van der Waals surface area contributed by atoms with Crippen LogP contribution < -0.4 is 11.1 Å². The fourth-order valence-corrected chi connectivity index (χ4v) is 1.52. The Bertz CT molecular complexity index is 107. The minimum Gasteiger partial charge on any atom is -0.316 e. The maximum Gasteiger partial charge on any atom is 0.0552 e. The monoisotopic (exact) mass is 112 g/mol. The molecule has 2 rings (SSSR count). The lowest BCUT2D eigenvalue weighted by molar-refractivity contribution is 0.550. The molecular formula is C6H12N2. The Balaban J connectivity index is 2.03. The van der Waals surface area contributed by atoms with E-state index in [1.165, 1.54) is 25.8 Å². The van der Waals surface area contributed by atoms with E-state index < -0.39 is 0 Å². The van der Waals surface area contributed by atoms with E-state index in [9.17, 15) is 0 Å². The third-order valence-corrected chi connectivity index (χ3v) is 2.35. The van der Waals surface area contributed by atoms with Gasteiger partial charge >= 0.3 is 0 Å². The van der Waals surface area contributed by atoms with Crippen molar-refractivity contribution in [2.45, 2.75) is 25.4 Å². The van der Waals surface area contributed by atoms with Gasteiger partial charge in [-0.15, -0.1) is 0 Å². The highest BCUT2D eigenvalue weighted by molar-refractivity contribution is 5.01. The predicted molar refractivity (Wildman–Crippen MR) is 32.3 cm³/mol. The molecule has 0 bridgehead atoms. The van der Waals surface area contributed by atoms with Crippen LogP contribution in [-0.2, 0) is 0 Å². The van der Waals surface area contributed by atoms with E-state index in [1.54, 1.807) is 0 Å². The molecule has 8 heavy (non-hydrogen) atoms. The summed E-state index contributed by atoms with van der Waals surface area (Å²) < 4.78 is 0. The molecule has 0 amide bonds. The SMILES string of the molecule is NC1CC2(CC2)CN1. The number of hydrogen-bond acceptors (Lipinski definition) is 2. The van der Waals surface area contributed by atoms with E-state index in [1.807, 2.05) is 0 Å². The Morgan fingerprint density at radius 3 is 2.50 bits per heavy atom. The highest BCUT2D eigenvalue weighted by atomic mass is 15.1. The summed E-state index contributed by atoms with van der Waals surface area (Å²) in [6.07, 6.45) is 4.34. The summed E-state index contributed by atoms with van der Waals surface area (Å²) >= 11 is 0. The Labute approximate surface area is 49.4 Å². The molecule has 0 radical (unpaired) electrons. The second-order valence-electron chi connectivity index (χ2n) is 3.19. The van der Waals surface area contributed by atoms with E-state index in [0.29, 0.717) is 11.6 Å². The molecule has 2 nitrogen and oxygen atoms in total. The quantitative estimate of drug-likeness (QED) is 0.464. The van der Waals surface area contributed by atoms with Gasteiger partial charge in [0.2, 0.25) is 0 Å². The van der Waals surface area contributed by atoms with Crippen molar-refractivity contribution in [3.05, 3.63) is 0 Å². The van der Waals surface area contributed by atoms with Gasteiger partial charge in [0.05, 0.1) is 6.17 Å². The Morgan fingerprint density at radius 2 is 2.25 bits per heavy atom. The van der Waals surface area contributed by atoms with Gasteiger partial charge < -0.3 is 11.1 Å². The van der Waals surface area contributed by atoms with Crippen LogP contribution in [0.5, 0.6) is 0 Å². The molecule has 1 saturated carbocycles. The molecule has 46 valence electrons. The van der Waals surface area contributed by atoms with E-state index in [0.717, 1.165) is 0 Å². The van der Waals surface area contributed by atoms with Crippen molar-refractivity contribution >= 4 is 0 Å². The van der Waals surface area contributed by atoms with Crippen LogP contribution in [0.2, 0.25) is 0 Å². The zero-order valence-corrected chi connectivity index (χ0v) is 4.98. The zero-order chi connectivity index (χ0) is 5.61. The molecule has 1 heterocycles. The van der Waals surface area contributed by atoms with Gasteiger partial charge in [-0.2, -0.15) is 0 Å². The first-order chi connectivity index (χ1) is 3.81. The summed E-state index contributed by atoms with van der Waals surface area (Å²) in [5, 5.41) is 3.25. The van der Waals surface area contributed by atoms with Gasteiger partial charge in [0, 0.05) is 6.54 Å². The average molecular weight is 112 g/mol. The van der Waals surface area contributed by atoms with E-state index >= 15 is 0 Å². The van der Waals surface area contributed by atoms with Crippen LogP contribution in [0.15, 0.2) is 0 Å². The average Bonchev–Trinajstić information content (AvgIpc) is 2.34. The van der Waals surface area contributed by atoms with Crippen molar-refractivity contribution in [1.29, 1.82) is 0 Å². The van der Waals surface area contributed by atoms with Gasteiger partial charge in [-0.05, 0) is 24.7 Å². The molecule has 1 saturated heterocycles. The summed E-state index contributed by atoms with van der Waals surface area (Å²) in [4.78, 5) is 0. The lowest BCUT2D eigenvalue weighted by atomic mass is 10.1. The zero-order valence-electron chi connectivity index (χ0n) is 4.98. The maximum atomic E-state index is 5.64. The fourth-order valence-electron chi connectivity index (χ4n) is 1.52. The van der Waals surface area contributed by atoms with Crippen LogP contribution in [0.1, 0.15) is 19.3 Å². The lowest BCUT2D eigenvalue weighted by Crippen LogP contribution is -2.30. The van der Waals surface area contributed by atoms with Gasteiger partial charge in [0.25, 0.3) is 0 Å². The van der Waals surface area contributed by atoms with Crippen molar-refractivity contribution in [2.24, 2.45) is 11.1 Å². The molecule has 3 N–H and O–H groups in total. The van der Waals surface area contributed by atoms with Crippen LogP contribution in [0.4, 0.5) is 0 Å². The smallest absolute Gasteiger partial charge is 0.0552 e. The van der Waals surface area contributed by atoms with Crippen molar-refractivity contribution in [3.8, 4) is 0 Å². The largest absolute Gasteiger partial charge is 0.316 e. The van der Waals surface area contributed by atoms with Crippen molar-refractivity contribution < 1.29 is 0 Å². The molecule has 0 aromatic heterocycles. The van der Waals surface area contributed by atoms with Gasteiger partial charge in [-0.3, -0.25) is 0 Å². The standard InChI is InChI=1S/C6H12N2/c7-5-3-6(1-2-6)4-8-5/h5,8H,1-4,7H2. The van der Waals surface area contributed by atoms with Crippen molar-refractivity contribution in [2.75, 3.05) is 6.54 Å². The lowest BCUT2D eigenvalue weighted by Gasteiger charge is -1.99. The summed E-state index contributed by atoms with van der Waals surface area (Å²) in [6, 6.07) is 0. The minimum atomic E-state index is 0.303. The number of rotatable bonds is 0. The topological polar surface area (TPSA) is 38.0 Å². The first-order valence-electron chi connectivity index (χ1n) is 3.30. The summed E-state index contributed by atoms with van der Waals surface area (Å²) in [5.41, 5.74) is 6.32. The van der Waals surface area contributed by atoms with Crippen LogP contribution in [0.3, 0.4) is 0 Å². The third-order valence-electron chi connectivity index (χ3n) is 2.35. The first-order valence-corrected chi connectivity index (χ1v) is 3.30. The van der Waals surface area contributed by atoms with E-state index in [4.69, 9.17) is 5.73 Å². The van der Waals surface area contributed by atoms with Crippen molar-refractivity contribution in [1.82, 2.24) is 5.32 Å². The molecular weight excluding hydrogens is 100 g/mol. The molecule has 2 heteroatoms. The molecule has 2 fully saturated rings. The Kier molecular flexibility index (Phi) is 0.746. The fraction of sp³-hybridized carbons (Fsp3) is 1.00.